The number of carbonyl (C=O) groups is 2. The number of rotatable bonds is 10. The van der Waals surface area contributed by atoms with E-state index in [1.54, 1.807) is 48.5 Å². The van der Waals surface area contributed by atoms with E-state index in [4.69, 9.17) is 14.7 Å². The summed E-state index contributed by atoms with van der Waals surface area (Å²) in [5, 5.41) is 0. The van der Waals surface area contributed by atoms with Crippen LogP contribution < -0.4 is 4.74 Å². The van der Waals surface area contributed by atoms with E-state index >= 15 is 0 Å². The van der Waals surface area contributed by atoms with E-state index in [1.165, 1.54) is 16.7 Å². The predicted octanol–water partition coefficient (Wildman–Crippen LogP) is 10.8. The normalized spacial score (nSPS) is 12.9. The van der Waals surface area contributed by atoms with E-state index in [2.05, 4.69) is 79.7 Å². The molecule has 6 aromatic rings. The first-order valence-electron chi connectivity index (χ1n) is 17.4. The van der Waals surface area contributed by atoms with Crippen LogP contribution in [-0.4, -0.2) is 23.0 Å². The molecule has 0 radical (unpaired) electrons. The third-order valence-electron chi connectivity index (χ3n) is 9.65. The van der Waals surface area contributed by atoms with Crippen molar-refractivity contribution in [1.82, 2.24) is 0 Å². The standard InChI is InChI=1S/C46H36N2O3/c1-3-45(49)31-14-18-35(19-15-31)51-36-20-16-32(17-21-36)46(50)26-30-13-23-38(40(25-30)44-28-34-9-5-7-11-42(34)48-44)37-22-12-29(2)24-39(37)43-27-33-8-4-6-10-41(33)47-43/h4-25H,3,26-28H2,1-2H3. The van der Waals surface area contributed by atoms with Crippen LogP contribution in [0.3, 0.4) is 0 Å². The van der Waals surface area contributed by atoms with Crippen LogP contribution in [0.15, 0.2) is 143 Å². The van der Waals surface area contributed by atoms with Gasteiger partial charge in [-0.3, -0.25) is 19.6 Å². The Morgan fingerprint density at radius 3 is 1.63 bits per heavy atom. The van der Waals surface area contributed by atoms with Crippen LogP contribution in [-0.2, 0) is 19.3 Å². The molecule has 0 spiro atoms. The summed E-state index contributed by atoms with van der Waals surface area (Å²) >= 11 is 0. The number of hydrogen-bond donors (Lipinski definition) is 0. The van der Waals surface area contributed by atoms with Gasteiger partial charge in [0.15, 0.2) is 11.6 Å². The van der Waals surface area contributed by atoms with Gasteiger partial charge in [-0.1, -0.05) is 73.2 Å². The lowest BCUT2D eigenvalue weighted by Crippen LogP contribution is -2.09. The van der Waals surface area contributed by atoms with Gasteiger partial charge in [-0.15, -0.1) is 0 Å². The predicted molar refractivity (Wildman–Crippen MR) is 205 cm³/mol. The van der Waals surface area contributed by atoms with Gasteiger partial charge >= 0.3 is 0 Å². The van der Waals surface area contributed by atoms with Gasteiger partial charge in [0.1, 0.15) is 11.5 Å². The lowest BCUT2D eigenvalue weighted by atomic mass is 9.87. The highest BCUT2D eigenvalue weighted by atomic mass is 16.5. The molecular formula is C46H36N2O3. The van der Waals surface area contributed by atoms with E-state index in [0.29, 0.717) is 29.0 Å². The average Bonchev–Trinajstić information content (AvgIpc) is 3.80. The number of hydrogen-bond acceptors (Lipinski definition) is 5. The molecule has 0 saturated carbocycles. The second-order valence-corrected chi connectivity index (χ2v) is 13.2. The van der Waals surface area contributed by atoms with E-state index in [0.717, 1.165) is 63.5 Å². The zero-order valence-electron chi connectivity index (χ0n) is 28.6. The number of para-hydroxylation sites is 2. The molecule has 0 amide bonds. The summed E-state index contributed by atoms with van der Waals surface area (Å²) < 4.78 is 5.98. The van der Waals surface area contributed by atoms with Gasteiger partial charge in [-0.25, -0.2) is 0 Å². The first kappa shape index (κ1) is 32.0. The van der Waals surface area contributed by atoms with Crippen LogP contribution in [0, 0.1) is 6.92 Å². The number of carbonyl (C=O) groups excluding carboxylic acids is 2. The monoisotopic (exact) mass is 664 g/mol. The maximum Gasteiger partial charge on any atom is 0.167 e. The summed E-state index contributed by atoms with van der Waals surface area (Å²) in [5.41, 5.74) is 14.3. The van der Waals surface area contributed by atoms with Gasteiger partial charge in [0.25, 0.3) is 0 Å². The molecule has 2 aliphatic heterocycles. The molecule has 2 heterocycles. The van der Waals surface area contributed by atoms with E-state index in [-0.39, 0.29) is 18.0 Å². The minimum Gasteiger partial charge on any atom is -0.457 e. The highest BCUT2D eigenvalue weighted by Crippen LogP contribution is 2.37. The zero-order chi connectivity index (χ0) is 34.9. The van der Waals surface area contributed by atoms with Crippen LogP contribution in [0.1, 0.15) is 67.4 Å². The van der Waals surface area contributed by atoms with Crippen LogP contribution in [0.4, 0.5) is 11.4 Å². The van der Waals surface area contributed by atoms with E-state index in [1.807, 2.05) is 19.1 Å². The Balaban J connectivity index is 1.09. The third kappa shape index (κ3) is 6.59. The van der Waals surface area contributed by atoms with Crippen molar-refractivity contribution in [3.05, 3.63) is 178 Å². The molecule has 0 N–H and O–H groups in total. The van der Waals surface area contributed by atoms with Crippen molar-refractivity contribution >= 4 is 34.4 Å². The fourth-order valence-corrected chi connectivity index (χ4v) is 6.93. The highest BCUT2D eigenvalue weighted by molar-refractivity contribution is 6.15. The van der Waals surface area contributed by atoms with Crippen molar-refractivity contribution in [2.75, 3.05) is 0 Å². The Hall–Kier alpha value is -6.20. The largest absolute Gasteiger partial charge is 0.457 e. The molecule has 0 unspecified atom stereocenters. The molecule has 0 aliphatic carbocycles. The smallest absolute Gasteiger partial charge is 0.167 e. The summed E-state index contributed by atoms with van der Waals surface area (Å²) in [6.07, 6.45) is 2.23. The molecule has 248 valence electrons. The summed E-state index contributed by atoms with van der Waals surface area (Å²) in [5.74, 6) is 1.37. The number of benzene rings is 6. The maximum absolute atomic E-state index is 13.6. The van der Waals surface area contributed by atoms with Gasteiger partial charge in [0.05, 0.1) is 22.8 Å². The molecule has 0 atom stereocenters. The molecule has 0 fully saturated rings. The Labute approximate surface area is 298 Å². The molecule has 0 bridgehead atoms. The van der Waals surface area contributed by atoms with Crippen molar-refractivity contribution in [3.8, 4) is 22.6 Å². The average molecular weight is 665 g/mol. The first-order valence-corrected chi connectivity index (χ1v) is 17.4. The lowest BCUT2D eigenvalue weighted by Gasteiger charge is -2.17. The molecule has 8 rings (SSSR count). The Kier molecular flexibility index (Phi) is 8.54. The van der Waals surface area contributed by atoms with Crippen molar-refractivity contribution in [1.29, 1.82) is 0 Å². The summed E-state index contributed by atoms with van der Waals surface area (Å²) in [6, 6.07) is 43.9. The lowest BCUT2D eigenvalue weighted by molar-refractivity contribution is 0.0982. The van der Waals surface area contributed by atoms with Gasteiger partial charge in [0, 0.05) is 47.9 Å². The number of ketones is 2. The van der Waals surface area contributed by atoms with Gasteiger partial charge < -0.3 is 4.74 Å². The number of aliphatic imine (C=N–C) groups is 2. The van der Waals surface area contributed by atoms with E-state index in [9.17, 15) is 9.59 Å². The van der Waals surface area contributed by atoms with E-state index < -0.39 is 0 Å². The summed E-state index contributed by atoms with van der Waals surface area (Å²) in [4.78, 5) is 35.7. The number of Topliss-reactive ketones (excluding diaryl/α,β-unsaturated/α-hetero) is 2. The Morgan fingerprint density at radius 2 is 1.08 bits per heavy atom. The Morgan fingerprint density at radius 1 is 0.569 bits per heavy atom. The third-order valence-corrected chi connectivity index (χ3v) is 9.65. The van der Waals surface area contributed by atoms with Crippen molar-refractivity contribution in [3.63, 3.8) is 0 Å². The molecule has 0 saturated heterocycles. The quantitative estimate of drug-likeness (QED) is 0.137. The maximum atomic E-state index is 13.6. The van der Waals surface area contributed by atoms with Crippen LogP contribution >= 0.6 is 0 Å². The first-order chi connectivity index (χ1) is 24.9. The zero-order valence-corrected chi connectivity index (χ0v) is 28.6. The second kappa shape index (κ2) is 13.6. The van der Waals surface area contributed by atoms with Crippen LogP contribution in [0.25, 0.3) is 11.1 Å². The Bertz CT molecular complexity index is 2380. The minimum atomic E-state index is 0.0217. The summed E-state index contributed by atoms with van der Waals surface area (Å²) in [6.45, 7) is 3.97. The fraction of sp³-hybridized carbons (Fsp3) is 0.130. The highest BCUT2D eigenvalue weighted by Gasteiger charge is 2.24. The van der Waals surface area contributed by atoms with Crippen molar-refractivity contribution < 1.29 is 14.3 Å². The molecule has 0 aromatic heterocycles. The molecule has 51 heavy (non-hydrogen) atoms. The van der Waals surface area contributed by atoms with Crippen molar-refractivity contribution in [2.45, 2.75) is 39.5 Å². The molecule has 5 heteroatoms. The fourth-order valence-electron chi connectivity index (χ4n) is 6.93. The minimum absolute atomic E-state index is 0.0217. The molecule has 5 nitrogen and oxygen atoms in total. The van der Waals surface area contributed by atoms with Gasteiger partial charge in [-0.05, 0) is 108 Å². The summed E-state index contributed by atoms with van der Waals surface area (Å²) in [7, 11) is 0. The van der Waals surface area contributed by atoms with Crippen LogP contribution in [0.5, 0.6) is 11.5 Å². The molecule has 6 aromatic carbocycles. The number of fused-ring (bicyclic) bond motifs is 2. The van der Waals surface area contributed by atoms with Crippen molar-refractivity contribution in [2.24, 2.45) is 9.98 Å². The van der Waals surface area contributed by atoms with Crippen LogP contribution in [0.2, 0.25) is 0 Å². The molecular weight excluding hydrogens is 629 g/mol. The topological polar surface area (TPSA) is 68.1 Å². The SMILES string of the molecule is CCC(=O)c1ccc(Oc2ccc(C(=O)Cc3ccc(-c4ccc(C)cc4C4=Nc5ccccc5C4)c(C4=Nc5ccccc5C4)c3)cc2)cc1. The van der Waals surface area contributed by atoms with Gasteiger partial charge in [0.2, 0.25) is 0 Å². The molecule has 2 aliphatic rings. The number of ether oxygens (including phenoxy) is 1. The number of aryl methyl sites for hydroxylation is 1. The van der Waals surface area contributed by atoms with Gasteiger partial charge in [-0.2, -0.15) is 0 Å². The second-order valence-electron chi connectivity index (χ2n) is 13.2. The number of nitrogens with zero attached hydrogens (tertiary/aromatic N) is 2.